The largest absolute Gasteiger partial charge is 0.356 e. The highest BCUT2D eigenvalue weighted by Gasteiger charge is 2.16. The standard InChI is InChI=1S/C25H29N/c1-4-6-8-11-20-16-21(5-2)25(17-20)24-18-23(15-14-19(24)3)26-22-12-9-7-10-13-22/h4,6,8-9,11-15,17-18,26H,5,7,10,16H2,1-3H3/b6-4-,11-8-. The smallest absolute Gasteiger partial charge is 0.0390 e. The average Bonchev–Trinajstić information content (AvgIpc) is 3.07. The second-order valence-corrected chi connectivity index (χ2v) is 6.95. The van der Waals surface area contributed by atoms with Gasteiger partial charge in [-0.15, -0.1) is 0 Å². The van der Waals surface area contributed by atoms with Crippen LogP contribution < -0.4 is 5.32 Å². The molecule has 1 aromatic carbocycles. The molecule has 0 spiro atoms. The van der Waals surface area contributed by atoms with E-state index in [-0.39, 0.29) is 0 Å². The Hall–Kier alpha value is -2.54. The first kappa shape index (κ1) is 18.3. The van der Waals surface area contributed by atoms with Gasteiger partial charge < -0.3 is 5.32 Å². The molecular formula is C25H29N. The van der Waals surface area contributed by atoms with E-state index >= 15 is 0 Å². The third kappa shape index (κ3) is 4.35. The van der Waals surface area contributed by atoms with Crippen molar-refractivity contribution in [3.8, 4) is 0 Å². The van der Waals surface area contributed by atoms with Crippen LogP contribution in [0.2, 0.25) is 0 Å². The van der Waals surface area contributed by atoms with Crippen LogP contribution in [-0.2, 0) is 0 Å². The molecule has 1 N–H and O–H groups in total. The summed E-state index contributed by atoms with van der Waals surface area (Å²) in [5, 5.41) is 3.57. The van der Waals surface area contributed by atoms with Crippen LogP contribution >= 0.6 is 0 Å². The minimum atomic E-state index is 1.06. The van der Waals surface area contributed by atoms with Crippen molar-refractivity contribution in [3.63, 3.8) is 0 Å². The second-order valence-electron chi connectivity index (χ2n) is 6.95. The summed E-state index contributed by atoms with van der Waals surface area (Å²) in [5.74, 6) is 0. The van der Waals surface area contributed by atoms with E-state index in [1.165, 1.54) is 33.5 Å². The first-order valence-corrected chi connectivity index (χ1v) is 9.68. The van der Waals surface area contributed by atoms with Crippen molar-refractivity contribution < 1.29 is 0 Å². The van der Waals surface area contributed by atoms with Crippen molar-refractivity contribution >= 4 is 11.3 Å². The molecule has 0 fully saturated rings. The average molecular weight is 344 g/mol. The monoisotopic (exact) mass is 343 g/mol. The topological polar surface area (TPSA) is 12.0 Å². The third-order valence-electron chi connectivity index (χ3n) is 4.98. The van der Waals surface area contributed by atoms with Crippen molar-refractivity contribution in [1.82, 2.24) is 0 Å². The molecule has 0 saturated heterocycles. The van der Waals surface area contributed by atoms with Gasteiger partial charge in [-0.25, -0.2) is 0 Å². The lowest BCUT2D eigenvalue weighted by Gasteiger charge is -2.14. The summed E-state index contributed by atoms with van der Waals surface area (Å²) in [4.78, 5) is 0. The Morgan fingerprint density at radius 2 is 2.04 bits per heavy atom. The molecule has 1 nitrogen and oxygen atoms in total. The van der Waals surface area contributed by atoms with Gasteiger partial charge in [0.25, 0.3) is 0 Å². The van der Waals surface area contributed by atoms with E-state index in [0.717, 1.165) is 31.4 Å². The minimum absolute atomic E-state index is 1.06. The number of aryl methyl sites for hydroxylation is 1. The van der Waals surface area contributed by atoms with Crippen LogP contribution in [-0.4, -0.2) is 0 Å². The van der Waals surface area contributed by atoms with Crippen molar-refractivity contribution in [3.05, 3.63) is 94.8 Å². The fourth-order valence-corrected chi connectivity index (χ4v) is 3.52. The molecule has 0 amide bonds. The molecule has 0 unspecified atom stereocenters. The van der Waals surface area contributed by atoms with Gasteiger partial charge in [-0.05, 0) is 80.0 Å². The Labute approximate surface area is 158 Å². The van der Waals surface area contributed by atoms with E-state index < -0.39 is 0 Å². The summed E-state index contributed by atoms with van der Waals surface area (Å²) >= 11 is 0. The van der Waals surface area contributed by atoms with Crippen LogP contribution in [0.3, 0.4) is 0 Å². The molecule has 3 rings (SSSR count). The van der Waals surface area contributed by atoms with Crippen molar-refractivity contribution in [2.45, 2.75) is 46.5 Å². The quantitative estimate of drug-likeness (QED) is 0.536. The normalized spacial score (nSPS) is 17.3. The van der Waals surface area contributed by atoms with Crippen LogP contribution in [0.15, 0.2) is 83.7 Å². The van der Waals surface area contributed by atoms with Gasteiger partial charge >= 0.3 is 0 Å². The van der Waals surface area contributed by atoms with Crippen molar-refractivity contribution in [1.29, 1.82) is 0 Å². The molecule has 0 heterocycles. The number of hydrogen-bond donors (Lipinski definition) is 1. The minimum Gasteiger partial charge on any atom is -0.356 e. The van der Waals surface area contributed by atoms with Crippen LogP contribution in [0.1, 0.15) is 50.7 Å². The summed E-state index contributed by atoms with van der Waals surface area (Å²) in [6.07, 6.45) is 22.0. The third-order valence-corrected chi connectivity index (χ3v) is 4.98. The van der Waals surface area contributed by atoms with Crippen LogP contribution in [0.5, 0.6) is 0 Å². The van der Waals surface area contributed by atoms with Crippen molar-refractivity contribution in [2.75, 3.05) is 5.32 Å². The zero-order valence-electron chi connectivity index (χ0n) is 16.2. The molecule has 0 atom stereocenters. The number of nitrogens with one attached hydrogen (secondary N) is 1. The summed E-state index contributed by atoms with van der Waals surface area (Å²) < 4.78 is 0. The maximum Gasteiger partial charge on any atom is 0.0390 e. The van der Waals surface area contributed by atoms with E-state index in [9.17, 15) is 0 Å². The van der Waals surface area contributed by atoms with Gasteiger partial charge in [0.2, 0.25) is 0 Å². The fraction of sp³-hybridized carbons (Fsp3) is 0.280. The van der Waals surface area contributed by atoms with Crippen LogP contribution in [0.4, 0.5) is 5.69 Å². The molecule has 0 aliphatic heterocycles. The van der Waals surface area contributed by atoms with Gasteiger partial charge in [-0.1, -0.05) is 61.1 Å². The van der Waals surface area contributed by atoms with E-state index in [2.05, 4.69) is 86.0 Å². The van der Waals surface area contributed by atoms with Gasteiger partial charge in [-0.2, -0.15) is 0 Å². The first-order valence-electron chi connectivity index (χ1n) is 9.68. The lowest BCUT2D eigenvalue weighted by atomic mass is 9.96. The van der Waals surface area contributed by atoms with Crippen LogP contribution in [0, 0.1) is 6.92 Å². The lowest BCUT2D eigenvalue weighted by molar-refractivity contribution is 1.02. The molecule has 2 aliphatic carbocycles. The van der Waals surface area contributed by atoms with Gasteiger partial charge in [0, 0.05) is 11.4 Å². The second kappa shape index (κ2) is 8.71. The van der Waals surface area contributed by atoms with Gasteiger partial charge in [0.05, 0.1) is 0 Å². The Morgan fingerprint density at radius 1 is 1.15 bits per heavy atom. The van der Waals surface area contributed by atoms with Crippen molar-refractivity contribution in [2.24, 2.45) is 0 Å². The summed E-state index contributed by atoms with van der Waals surface area (Å²) in [5.41, 5.74) is 9.38. The summed E-state index contributed by atoms with van der Waals surface area (Å²) in [6, 6.07) is 6.71. The fourth-order valence-electron chi connectivity index (χ4n) is 3.52. The number of anilines is 1. The van der Waals surface area contributed by atoms with Gasteiger partial charge in [0.15, 0.2) is 0 Å². The molecule has 134 valence electrons. The van der Waals surface area contributed by atoms with E-state index in [4.69, 9.17) is 0 Å². The molecule has 2 aliphatic rings. The van der Waals surface area contributed by atoms with Crippen LogP contribution in [0.25, 0.3) is 5.57 Å². The zero-order valence-corrected chi connectivity index (χ0v) is 16.2. The molecule has 1 heteroatoms. The molecule has 0 radical (unpaired) electrons. The van der Waals surface area contributed by atoms with Gasteiger partial charge in [0.1, 0.15) is 0 Å². The predicted molar refractivity (Wildman–Crippen MR) is 115 cm³/mol. The Bertz CT molecular complexity index is 841. The Morgan fingerprint density at radius 3 is 2.77 bits per heavy atom. The number of hydrogen-bond acceptors (Lipinski definition) is 1. The lowest BCUT2D eigenvalue weighted by Crippen LogP contribution is -2.00. The molecule has 0 saturated carbocycles. The van der Waals surface area contributed by atoms with E-state index in [1.807, 2.05) is 6.92 Å². The first-order chi connectivity index (χ1) is 12.7. The maximum absolute atomic E-state index is 3.57. The molecular weight excluding hydrogens is 314 g/mol. The highest BCUT2D eigenvalue weighted by atomic mass is 14.9. The maximum atomic E-state index is 3.57. The van der Waals surface area contributed by atoms with E-state index in [1.54, 1.807) is 0 Å². The predicted octanol–water partition coefficient (Wildman–Crippen LogP) is 7.27. The SMILES string of the molecule is C/C=C\C=C/C1=CC(c2cc(NC3=CCCC=C3)ccc2C)=C(CC)C1. The number of allylic oxidation sites excluding steroid dienone is 11. The zero-order chi connectivity index (χ0) is 18.4. The van der Waals surface area contributed by atoms with E-state index in [0.29, 0.717) is 0 Å². The Kier molecular flexibility index (Phi) is 6.12. The highest BCUT2D eigenvalue weighted by Crippen LogP contribution is 2.37. The number of rotatable bonds is 6. The number of benzene rings is 1. The molecule has 0 aromatic heterocycles. The summed E-state index contributed by atoms with van der Waals surface area (Å²) in [6.45, 7) is 6.52. The highest BCUT2D eigenvalue weighted by molar-refractivity contribution is 5.84. The molecule has 1 aromatic rings. The molecule has 26 heavy (non-hydrogen) atoms. The molecule has 0 bridgehead atoms. The Balaban J connectivity index is 1.89. The van der Waals surface area contributed by atoms with Gasteiger partial charge in [-0.3, -0.25) is 0 Å². The summed E-state index contributed by atoms with van der Waals surface area (Å²) in [7, 11) is 0.